The minimum atomic E-state index is -0.149. The Morgan fingerprint density at radius 3 is 2.76 bits per heavy atom. The van der Waals surface area contributed by atoms with Crippen molar-refractivity contribution in [2.75, 3.05) is 26.2 Å². The highest BCUT2D eigenvalue weighted by molar-refractivity contribution is 6.30. The van der Waals surface area contributed by atoms with Crippen LogP contribution in [0.15, 0.2) is 28.8 Å². The van der Waals surface area contributed by atoms with E-state index >= 15 is 0 Å². The number of halogens is 1. The molecule has 0 bridgehead atoms. The van der Waals surface area contributed by atoms with Crippen molar-refractivity contribution in [3.05, 3.63) is 40.6 Å². The van der Waals surface area contributed by atoms with Gasteiger partial charge < -0.3 is 14.7 Å². The molecule has 1 N–H and O–H groups in total. The van der Waals surface area contributed by atoms with Gasteiger partial charge in [-0.2, -0.15) is 0 Å². The van der Waals surface area contributed by atoms with Gasteiger partial charge in [0.05, 0.1) is 0 Å². The van der Waals surface area contributed by atoms with Crippen molar-refractivity contribution in [1.29, 1.82) is 0 Å². The van der Waals surface area contributed by atoms with E-state index in [1.54, 1.807) is 19.1 Å². The Kier molecular flexibility index (Phi) is 6.10. The molecule has 5 nitrogen and oxygen atoms in total. The summed E-state index contributed by atoms with van der Waals surface area (Å²) in [6.45, 7) is 5.50. The second-order valence-corrected chi connectivity index (χ2v) is 6.92. The first-order valence-electron chi connectivity index (χ1n) is 8.88. The summed E-state index contributed by atoms with van der Waals surface area (Å²) in [5, 5.41) is 7.66. The molecule has 1 saturated heterocycles. The molecule has 134 valence electrons. The Labute approximate surface area is 153 Å². The highest BCUT2D eigenvalue weighted by Gasteiger charge is 2.21. The maximum Gasteiger partial charge on any atom is 0.257 e. The molecular formula is C19H24ClN3O2. The Balaban J connectivity index is 1.65. The fourth-order valence-corrected chi connectivity index (χ4v) is 3.44. The fraction of sp³-hybridized carbons (Fsp3) is 0.474. The van der Waals surface area contributed by atoms with Gasteiger partial charge in [0.1, 0.15) is 17.0 Å². The summed E-state index contributed by atoms with van der Waals surface area (Å²) in [7, 11) is 0. The zero-order valence-corrected chi connectivity index (χ0v) is 15.3. The number of hydrogen-bond acceptors (Lipinski definition) is 4. The molecular weight excluding hydrogens is 338 g/mol. The smallest absolute Gasteiger partial charge is 0.257 e. The summed E-state index contributed by atoms with van der Waals surface area (Å²) < 4.78 is 5.26. The van der Waals surface area contributed by atoms with Crippen LogP contribution in [0.3, 0.4) is 0 Å². The lowest BCUT2D eigenvalue weighted by Crippen LogP contribution is -2.35. The number of carbonyl (C=O) groups excluding carboxylic acids is 1. The Bertz CT molecular complexity index is 721. The predicted molar refractivity (Wildman–Crippen MR) is 98.9 cm³/mol. The van der Waals surface area contributed by atoms with E-state index in [1.807, 2.05) is 12.1 Å². The molecule has 1 aromatic carbocycles. The summed E-state index contributed by atoms with van der Waals surface area (Å²) >= 11 is 6.05. The van der Waals surface area contributed by atoms with Crippen LogP contribution >= 0.6 is 11.6 Å². The molecule has 1 amide bonds. The number of aryl methyl sites for hydroxylation is 1. The van der Waals surface area contributed by atoms with Crippen molar-refractivity contribution in [1.82, 2.24) is 15.4 Å². The monoisotopic (exact) mass is 361 g/mol. The molecule has 0 unspecified atom stereocenters. The average molecular weight is 362 g/mol. The van der Waals surface area contributed by atoms with Gasteiger partial charge >= 0.3 is 0 Å². The lowest BCUT2D eigenvalue weighted by molar-refractivity contribution is 0.0947. The van der Waals surface area contributed by atoms with Crippen LogP contribution in [0, 0.1) is 6.92 Å². The minimum Gasteiger partial charge on any atom is -0.360 e. The molecule has 0 saturated carbocycles. The third-order valence-corrected chi connectivity index (χ3v) is 4.84. The van der Waals surface area contributed by atoms with Crippen molar-refractivity contribution in [3.8, 4) is 11.3 Å². The average Bonchev–Trinajstić information content (AvgIpc) is 2.80. The predicted octanol–water partition coefficient (Wildman–Crippen LogP) is 3.91. The molecule has 0 atom stereocenters. The lowest BCUT2D eigenvalue weighted by Gasteiger charge is -2.19. The number of likely N-dealkylation sites (tertiary alicyclic amines) is 1. The second kappa shape index (κ2) is 8.50. The normalized spacial score (nSPS) is 15.8. The number of carbonyl (C=O) groups is 1. The number of hydrogen-bond donors (Lipinski definition) is 1. The highest BCUT2D eigenvalue weighted by Crippen LogP contribution is 2.27. The Morgan fingerprint density at radius 1 is 1.28 bits per heavy atom. The third-order valence-electron chi connectivity index (χ3n) is 4.60. The van der Waals surface area contributed by atoms with Gasteiger partial charge in [-0.15, -0.1) is 0 Å². The van der Waals surface area contributed by atoms with Crippen LogP contribution < -0.4 is 5.32 Å². The van der Waals surface area contributed by atoms with E-state index in [0.29, 0.717) is 28.6 Å². The molecule has 3 rings (SSSR count). The van der Waals surface area contributed by atoms with Gasteiger partial charge in [-0.25, -0.2) is 0 Å². The molecule has 25 heavy (non-hydrogen) atoms. The van der Waals surface area contributed by atoms with Gasteiger partial charge in [0.25, 0.3) is 5.91 Å². The van der Waals surface area contributed by atoms with Crippen molar-refractivity contribution >= 4 is 17.5 Å². The van der Waals surface area contributed by atoms with Crippen LogP contribution in [0.1, 0.15) is 41.8 Å². The maximum absolute atomic E-state index is 12.7. The molecule has 1 aliphatic heterocycles. The van der Waals surface area contributed by atoms with Gasteiger partial charge in [-0.3, -0.25) is 4.79 Å². The Morgan fingerprint density at radius 2 is 2.04 bits per heavy atom. The van der Waals surface area contributed by atoms with Crippen molar-refractivity contribution in [2.45, 2.75) is 32.6 Å². The Hall–Kier alpha value is -1.85. The summed E-state index contributed by atoms with van der Waals surface area (Å²) in [5.74, 6) is 0.366. The van der Waals surface area contributed by atoms with E-state index < -0.39 is 0 Å². The standard InChI is InChI=1S/C19H24ClN3O2/c1-14-17(18(22-25-14)15-7-6-8-16(20)13-15)19(24)21-9-12-23-10-4-2-3-5-11-23/h6-8,13H,2-5,9-12H2,1H3,(H,21,24). The number of nitrogens with one attached hydrogen (secondary N) is 1. The number of nitrogens with zero attached hydrogens (tertiary/aromatic N) is 2. The van der Waals surface area contributed by atoms with E-state index in [1.165, 1.54) is 25.7 Å². The van der Waals surface area contributed by atoms with Crippen LogP contribution in [0.4, 0.5) is 0 Å². The first-order valence-corrected chi connectivity index (χ1v) is 9.25. The summed E-state index contributed by atoms with van der Waals surface area (Å²) in [5.41, 5.74) is 1.80. The largest absolute Gasteiger partial charge is 0.360 e. The molecule has 1 aromatic heterocycles. The summed E-state index contributed by atoms with van der Waals surface area (Å²) in [6, 6.07) is 7.28. The topological polar surface area (TPSA) is 58.4 Å². The molecule has 1 fully saturated rings. The van der Waals surface area contributed by atoms with Crippen LogP contribution in [0.5, 0.6) is 0 Å². The fourth-order valence-electron chi connectivity index (χ4n) is 3.25. The van der Waals surface area contributed by atoms with E-state index in [9.17, 15) is 4.79 Å². The van der Waals surface area contributed by atoms with Crippen LogP contribution in [0.25, 0.3) is 11.3 Å². The summed E-state index contributed by atoms with van der Waals surface area (Å²) in [4.78, 5) is 15.1. The van der Waals surface area contributed by atoms with Crippen molar-refractivity contribution in [2.24, 2.45) is 0 Å². The van der Waals surface area contributed by atoms with Crippen LogP contribution in [0.2, 0.25) is 5.02 Å². The number of benzene rings is 1. The first kappa shape index (κ1) is 18.0. The summed E-state index contributed by atoms with van der Waals surface area (Å²) in [6.07, 6.45) is 5.12. The highest BCUT2D eigenvalue weighted by atomic mass is 35.5. The first-order chi connectivity index (χ1) is 12.1. The quantitative estimate of drug-likeness (QED) is 0.877. The van der Waals surface area contributed by atoms with Crippen molar-refractivity contribution < 1.29 is 9.32 Å². The molecule has 6 heteroatoms. The molecule has 0 spiro atoms. The number of amides is 1. The zero-order valence-electron chi connectivity index (χ0n) is 14.6. The van der Waals surface area contributed by atoms with E-state index in [4.69, 9.17) is 16.1 Å². The second-order valence-electron chi connectivity index (χ2n) is 6.48. The van der Waals surface area contributed by atoms with Gasteiger partial charge in [0, 0.05) is 23.7 Å². The van der Waals surface area contributed by atoms with Crippen molar-refractivity contribution in [3.63, 3.8) is 0 Å². The van der Waals surface area contributed by atoms with E-state index in [0.717, 1.165) is 25.2 Å². The van der Waals surface area contributed by atoms with Gasteiger partial charge in [0.2, 0.25) is 0 Å². The molecule has 2 aromatic rings. The van der Waals surface area contributed by atoms with Gasteiger partial charge in [-0.1, -0.05) is 41.7 Å². The molecule has 0 aliphatic carbocycles. The number of aromatic nitrogens is 1. The SMILES string of the molecule is Cc1onc(-c2cccc(Cl)c2)c1C(=O)NCCN1CCCCCC1. The maximum atomic E-state index is 12.7. The van der Waals surface area contributed by atoms with Crippen LogP contribution in [-0.4, -0.2) is 42.1 Å². The molecule has 0 radical (unpaired) electrons. The van der Waals surface area contributed by atoms with Gasteiger partial charge in [-0.05, 0) is 45.0 Å². The third kappa shape index (κ3) is 4.61. The number of rotatable bonds is 5. The zero-order chi connectivity index (χ0) is 17.6. The van der Waals surface area contributed by atoms with Gasteiger partial charge in [0.15, 0.2) is 0 Å². The minimum absolute atomic E-state index is 0.149. The van der Waals surface area contributed by atoms with Crippen LogP contribution in [-0.2, 0) is 0 Å². The lowest BCUT2D eigenvalue weighted by atomic mass is 10.1. The molecule has 1 aliphatic rings. The molecule has 2 heterocycles. The van der Waals surface area contributed by atoms with E-state index in [-0.39, 0.29) is 5.91 Å². The van der Waals surface area contributed by atoms with E-state index in [2.05, 4.69) is 15.4 Å².